The number of aromatic carboxylic acids is 1. The van der Waals surface area contributed by atoms with Crippen LogP contribution in [-0.4, -0.2) is 21.4 Å². The van der Waals surface area contributed by atoms with Crippen LogP contribution < -0.4 is 5.56 Å². The minimum Gasteiger partial charge on any atom is -0.477 e. The molecular weight excluding hydrogens is 290 g/mol. The fourth-order valence-corrected chi connectivity index (χ4v) is 3.44. The molecule has 0 atom stereocenters. The van der Waals surface area contributed by atoms with E-state index < -0.39 is 5.97 Å². The van der Waals surface area contributed by atoms with Crippen LogP contribution in [0.2, 0.25) is 0 Å². The molecule has 0 spiro atoms. The summed E-state index contributed by atoms with van der Waals surface area (Å²) in [6, 6.07) is 6.26. The van der Waals surface area contributed by atoms with E-state index in [1.54, 1.807) is 16.7 Å². The van der Waals surface area contributed by atoms with Crippen molar-refractivity contribution in [3.63, 3.8) is 0 Å². The first-order valence-corrected chi connectivity index (χ1v) is 7.46. The maximum absolute atomic E-state index is 12.1. The molecule has 5 nitrogen and oxygen atoms in total. The Morgan fingerprint density at radius 1 is 1.19 bits per heavy atom. The minimum absolute atomic E-state index is 0.0717. The van der Waals surface area contributed by atoms with Crippen molar-refractivity contribution in [2.75, 3.05) is 0 Å². The van der Waals surface area contributed by atoms with Crippen molar-refractivity contribution in [1.82, 2.24) is 4.57 Å². The number of hydrogen-bond donors (Lipinski definition) is 1. The van der Waals surface area contributed by atoms with Crippen molar-refractivity contribution >= 4 is 23.1 Å². The third kappa shape index (κ3) is 2.54. The van der Waals surface area contributed by atoms with Crippen LogP contribution in [0.3, 0.4) is 0 Å². The lowest BCUT2D eigenvalue weighted by Crippen LogP contribution is -2.28. The molecule has 1 aliphatic carbocycles. The van der Waals surface area contributed by atoms with Gasteiger partial charge in [0.1, 0.15) is 4.88 Å². The Kier molecular flexibility index (Phi) is 3.47. The molecule has 0 saturated heterocycles. The van der Waals surface area contributed by atoms with E-state index in [1.807, 2.05) is 0 Å². The SMILES string of the molecule is O=C(O)c1ccc(Cn2c3c(ccc2=O)C(=O)CCC3)s1. The van der Waals surface area contributed by atoms with Crippen LogP contribution in [0.1, 0.15) is 43.4 Å². The number of hydrogen-bond acceptors (Lipinski definition) is 4. The van der Waals surface area contributed by atoms with Crippen LogP contribution in [0, 0.1) is 0 Å². The van der Waals surface area contributed by atoms with Crippen LogP contribution in [0.15, 0.2) is 29.1 Å². The lowest BCUT2D eigenvalue weighted by atomic mass is 9.94. The van der Waals surface area contributed by atoms with Gasteiger partial charge in [-0.3, -0.25) is 9.59 Å². The number of rotatable bonds is 3. The third-order valence-corrected chi connectivity index (χ3v) is 4.66. The molecule has 1 N–H and O–H groups in total. The molecule has 0 radical (unpaired) electrons. The van der Waals surface area contributed by atoms with E-state index in [4.69, 9.17) is 5.11 Å². The maximum atomic E-state index is 12.1. The van der Waals surface area contributed by atoms with E-state index in [9.17, 15) is 14.4 Å². The summed E-state index contributed by atoms with van der Waals surface area (Å²) in [5.74, 6) is -0.897. The molecule has 3 rings (SSSR count). The Labute approximate surface area is 124 Å². The predicted molar refractivity (Wildman–Crippen MR) is 78.4 cm³/mol. The average Bonchev–Trinajstić information content (AvgIpc) is 2.91. The Morgan fingerprint density at radius 2 is 2.00 bits per heavy atom. The molecule has 0 fully saturated rings. The van der Waals surface area contributed by atoms with Crippen LogP contribution in [0.4, 0.5) is 0 Å². The molecule has 2 aromatic rings. The molecule has 2 aromatic heterocycles. The number of fused-ring (bicyclic) bond motifs is 1. The van der Waals surface area contributed by atoms with E-state index in [2.05, 4.69) is 0 Å². The summed E-state index contributed by atoms with van der Waals surface area (Å²) in [6.07, 6.45) is 1.97. The highest BCUT2D eigenvalue weighted by Gasteiger charge is 2.21. The van der Waals surface area contributed by atoms with Gasteiger partial charge in [-0.05, 0) is 31.0 Å². The second-order valence-electron chi connectivity index (χ2n) is 4.97. The molecule has 0 unspecified atom stereocenters. The zero-order valence-electron chi connectivity index (χ0n) is 11.2. The van der Waals surface area contributed by atoms with Gasteiger partial charge in [0.15, 0.2) is 5.78 Å². The van der Waals surface area contributed by atoms with Gasteiger partial charge in [-0.2, -0.15) is 0 Å². The second-order valence-corrected chi connectivity index (χ2v) is 6.13. The first-order valence-electron chi connectivity index (χ1n) is 6.64. The molecule has 0 amide bonds. The van der Waals surface area contributed by atoms with Gasteiger partial charge in [-0.25, -0.2) is 4.79 Å². The molecule has 1 aliphatic rings. The monoisotopic (exact) mass is 303 g/mol. The van der Waals surface area contributed by atoms with E-state index in [1.165, 1.54) is 12.1 Å². The Hall–Kier alpha value is -2.21. The zero-order valence-corrected chi connectivity index (χ0v) is 12.0. The van der Waals surface area contributed by atoms with Gasteiger partial charge in [-0.1, -0.05) is 0 Å². The summed E-state index contributed by atoms with van der Waals surface area (Å²) in [7, 11) is 0. The van der Waals surface area contributed by atoms with E-state index >= 15 is 0 Å². The van der Waals surface area contributed by atoms with Crippen molar-refractivity contribution in [2.45, 2.75) is 25.8 Å². The number of ketones is 1. The van der Waals surface area contributed by atoms with Gasteiger partial charge in [0.2, 0.25) is 0 Å². The lowest BCUT2D eigenvalue weighted by Gasteiger charge is -2.19. The highest BCUT2D eigenvalue weighted by atomic mass is 32.1. The molecule has 21 heavy (non-hydrogen) atoms. The van der Waals surface area contributed by atoms with Crippen molar-refractivity contribution in [3.8, 4) is 0 Å². The fraction of sp³-hybridized carbons (Fsp3) is 0.267. The smallest absolute Gasteiger partial charge is 0.345 e. The molecular formula is C15H13NO4S. The first kappa shape index (κ1) is 13.8. The molecule has 0 bridgehead atoms. The van der Waals surface area contributed by atoms with Gasteiger partial charge in [0.05, 0.1) is 6.54 Å². The summed E-state index contributed by atoms with van der Waals surface area (Å²) in [5, 5.41) is 8.94. The third-order valence-electron chi connectivity index (χ3n) is 3.60. The van der Waals surface area contributed by atoms with Gasteiger partial charge < -0.3 is 9.67 Å². The zero-order chi connectivity index (χ0) is 15.0. The van der Waals surface area contributed by atoms with Crippen molar-refractivity contribution < 1.29 is 14.7 Å². The number of carboxylic acids is 1. The number of aromatic nitrogens is 1. The maximum Gasteiger partial charge on any atom is 0.345 e. The van der Waals surface area contributed by atoms with E-state index in [0.29, 0.717) is 24.9 Å². The number of carbonyl (C=O) groups excluding carboxylic acids is 1. The fourth-order valence-electron chi connectivity index (χ4n) is 2.60. The number of thiophene rings is 1. The second kappa shape index (κ2) is 5.29. The van der Waals surface area contributed by atoms with Gasteiger partial charge in [0.25, 0.3) is 5.56 Å². The van der Waals surface area contributed by atoms with Crippen molar-refractivity contribution in [2.24, 2.45) is 0 Å². The molecule has 2 heterocycles. The standard InChI is InChI=1S/C15H13NO4S/c17-12-3-1-2-11-10(12)5-7-14(18)16(11)8-9-4-6-13(21-9)15(19)20/h4-7H,1-3,8H2,(H,19,20). The van der Waals surface area contributed by atoms with Crippen LogP contribution >= 0.6 is 11.3 Å². The molecule has 0 aromatic carbocycles. The van der Waals surface area contributed by atoms with Crippen LogP contribution in [0.25, 0.3) is 0 Å². The minimum atomic E-state index is -0.969. The first-order chi connectivity index (χ1) is 10.1. The summed E-state index contributed by atoms with van der Waals surface area (Å²) in [4.78, 5) is 35.9. The lowest BCUT2D eigenvalue weighted by molar-refractivity contribution is 0.0702. The summed E-state index contributed by atoms with van der Waals surface area (Å²) in [6.45, 7) is 0.313. The number of nitrogens with zero attached hydrogens (tertiary/aromatic N) is 1. The highest BCUT2D eigenvalue weighted by molar-refractivity contribution is 7.13. The van der Waals surface area contributed by atoms with Gasteiger partial charge in [-0.15, -0.1) is 11.3 Å². The molecule has 108 valence electrons. The number of carbonyl (C=O) groups is 2. The average molecular weight is 303 g/mol. The predicted octanol–water partition coefficient (Wildman–Crippen LogP) is 2.18. The quantitative estimate of drug-likeness (QED) is 0.943. The van der Waals surface area contributed by atoms with E-state index in [0.717, 1.165) is 28.3 Å². The molecule has 0 aliphatic heterocycles. The highest BCUT2D eigenvalue weighted by Crippen LogP contribution is 2.22. The van der Waals surface area contributed by atoms with Crippen molar-refractivity contribution in [3.05, 3.63) is 55.6 Å². The van der Waals surface area contributed by atoms with Crippen molar-refractivity contribution in [1.29, 1.82) is 0 Å². The van der Waals surface area contributed by atoms with Gasteiger partial charge >= 0.3 is 5.97 Å². The number of pyridine rings is 1. The van der Waals surface area contributed by atoms with Crippen LogP contribution in [-0.2, 0) is 13.0 Å². The largest absolute Gasteiger partial charge is 0.477 e. The number of carboxylic acid groups (broad SMARTS) is 1. The Morgan fingerprint density at radius 3 is 2.71 bits per heavy atom. The summed E-state index contributed by atoms with van der Waals surface area (Å²) in [5.41, 5.74) is 1.23. The van der Waals surface area contributed by atoms with Gasteiger partial charge in [0, 0.05) is 28.6 Å². The topological polar surface area (TPSA) is 76.4 Å². The molecule has 6 heteroatoms. The molecule has 0 saturated carbocycles. The normalized spacial score (nSPS) is 14.0. The summed E-state index contributed by atoms with van der Waals surface area (Å²) >= 11 is 1.15. The van der Waals surface area contributed by atoms with E-state index in [-0.39, 0.29) is 16.2 Å². The Balaban J connectivity index is 2.01. The number of Topliss-reactive ketones (excluding diaryl/α,β-unsaturated/α-hetero) is 1. The Bertz CT molecular complexity index is 787. The van der Waals surface area contributed by atoms with Crippen LogP contribution in [0.5, 0.6) is 0 Å². The summed E-state index contributed by atoms with van der Waals surface area (Å²) < 4.78 is 1.59.